The van der Waals surface area contributed by atoms with E-state index in [0.29, 0.717) is 19.7 Å². The summed E-state index contributed by atoms with van der Waals surface area (Å²) in [5.41, 5.74) is 0.0195. The van der Waals surface area contributed by atoms with E-state index in [4.69, 9.17) is 4.74 Å². The molecule has 0 radical (unpaired) electrons. The minimum Gasteiger partial charge on any atom is -0.383 e. The van der Waals surface area contributed by atoms with E-state index in [1.54, 1.807) is 7.11 Å². The van der Waals surface area contributed by atoms with Crippen LogP contribution in [0.3, 0.4) is 0 Å². The Kier molecular flexibility index (Phi) is 6.59. The number of piperidine rings is 1. The number of benzene rings is 1. The van der Waals surface area contributed by atoms with Crippen molar-refractivity contribution < 1.29 is 18.1 Å². The first-order chi connectivity index (χ1) is 12.1. The third-order valence-electron chi connectivity index (χ3n) is 4.46. The maximum atomic E-state index is 13.0. The molecule has 1 saturated heterocycles. The molecule has 0 spiro atoms. The Labute approximate surface area is 154 Å². The molecule has 1 aliphatic rings. The molecule has 146 valence electrons. The molecule has 1 fully saturated rings. The minimum absolute atomic E-state index is 0.0459. The second-order valence-corrected chi connectivity index (χ2v) is 9.14. The summed E-state index contributed by atoms with van der Waals surface area (Å²) in [4.78, 5) is 10.8. The molecule has 1 aromatic rings. The average Bonchev–Trinajstić information content (AvgIpc) is 2.54. The number of anilines is 1. The third kappa shape index (κ3) is 4.72. The SMILES string of the molecule is COC[C@H](C)Nc1ccc(S(=O)(=O)N2C[C@H](C)C[C@@H](C)C2)cc1[N+](=O)[O-]. The Morgan fingerprint density at radius 1 is 1.35 bits per heavy atom. The van der Waals surface area contributed by atoms with Crippen LogP contribution in [0, 0.1) is 22.0 Å². The molecule has 2 rings (SSSR count). The molecule has 0 unspecified atom stereocenters. The van der Waals surface area contributed by atoms with Crippen molar-refractivity contribution in [2.45, 2.75) is 38.1 Å². The van der Waals surface area contributed by atoms with E-state index in [9.17, 15) is 18.5 Å². The summed E-state index contributed by atoms with van der Waals surface area (Å²) in [7, 11) is -2.22. The highest BCUT2D eigenvalue weighted by molar-refractivity contribution is 7.89. The van der Waals surface area contributed by atoms with Crippen LogP contribution < -0.4 is 5.32 Å². The highest BCUT2D eigenvalue weighted by Crippen LogP contribution is 2.32. The molecule has 26 heavy (non-hydrogen) atoms. The van der Waals surface area contributed by atoms with Gasteiger partial charge in [-0.15, -0.1) is 0 Å². The second kappa shape index (κ2) is 8.32. The van der Waals surface area contributed by atoms with Gasteiger partial charge in [-0.2, -0.15) is 4.31 Å². The minimum atomic E-state index is -3.76. The van der Waals surface area contributed by atoms with Crippen LogP contribution in [0.25, 0.3) is 0 Å². The Hall–Kier alpha value is -1.71. The number of nitro groups is 1. The zero-order valence-electron chi connectivity index (χ0n) is 15.6. The van der Waals surface area contributed by atoms with Crippen LogP contribution in [-0.2, 0) is 14.8 Å². The molecule has 0 aromatic heterocycles. The molecule has 0 bridgehead atoms. The number of methoxy groups -OCH3 is 1. The number of nitro benzene ring substituents is 1. The molecule has 1 aliphatic heterocycles. The molecule has 8 nitrogen and oxygen atoms in total. The molecule has 0 amide bonds. The number of rotatable bonds is 7. The fourth-order valence-electron chi connectivity index (χ4n) is 3.45. The molecular weight excluding hydrogens is 358 g/mol. The highest BCUT2D eigenvalue weighted by atomic mass is 32.2. The number of nitrogens with one attached hydrogen (secondary N) is 1. The number of sulfonamides is 1. The van der Waals surface area contributed by atoms with E-state index in [2.05, 4.69) is 5.32 Å². The summed E-state index contributed by atoms with van der Waals surface area (Å²) in [6, 6.07) is 3.87. The fourth-order valence-corrected chi connectivity index (χ4v) is 5.15. The number of hydrogen-bond acceptors (Lipinski definition) is 6. The average molecular weight is 385 g/mol. The zero-order valence-corrected chi connectivity index (χ0v) is 16.5. The summed E-state index contributed by atoms with van der Waals surface area (Å²) in [5.74, 6) is 0.527. The first kappa shape index (κ1) is 20.6. The second-order valence-electron chi connectivity index (χ2n) is 7.20. The van der Waals surface area contributed by atoms with Crippen LogP contribution in [0.1, 0.15) is 27.2 Å². The third-order valence-corrected chi connectivity index (χ3v) is 6.29. The first-order valence-electron chi connectivity index (χ1n) is 8.69. The number of nitrogens with zero attached hydrogens (tertiary/aromatic N) is 2. The van der Waals surface area contributed by atoms with E-state index in [0.717, 1.165) is 12.5 Å². The summed E-state index contributed by atoms with van der Waals surface area (Å²) < 4.78 is 32.4. The predicted octanol–water partition coefficient (Wildman–Crippen LogP) is 2.71. The first-order valence-corrected chi connectivity index (χ1v) is 10.1. The maximum Gasteiger partial charge on any atom is 0.293 e. The monoisotopic (exact) mass is 385 g/mol. The number of hydrogen-bond donors (Lipinski definition) is 1. The van der Waals surface area contributed by atoms with Gasteiger partial charge in [0.15, 0.2) is 0 Å². The summed E-state index contributed by atoms with van der Waals surface area (Å²) >= 11 is 0. The van der Waals surface area contributed by atoms with Gasteiger partial charge in [0.2, 0.25) is 10.0 Å². The van der Waals surface area contributed by atoms with Gasteiger partial charge >= 0.3 is 0 Å². The van der Waals surface area contributed by atoms with E-state index < -0.39 is 14.9 Å². The summed E-state index contributed by atoms with van der Waals surface area (Å²) in [6.07, 6.45) is 0.979. The van der Waals surface area contributed by atoms with Gasteiger partial charge in [-0.3, -0.25) is 10.1 Å². The summed E-state index contributed by atoms with van der Waals surface area (Å²) in [6.45, 7) is 7.11. The molecule has 0 aliphatic carbocycles. The predicted molar refractivity (Wildman–Crippen MR) is 99.8 cm³/mol. The zero-order chi connectivity index (χ0) is 19.5. The molecule has 9 heteroatoms. The van der Waals surface area contributed by atoms with E-state index in [-0.39, 0.29) is 34.1 Å². The topological polar surface area (TPSA) is 102 Å². The molecule has 0 saturated carbocycles. The lowest BCUT2D eigenvalue weighted by molar-refractivity contribution is -0.384. The summed E-state index contributed by atoms with van der Waals surface area (Å²) in [5, 5.41) is 14.4. The van der Waals surface area contributed by atoms with Crippen LogP contribution in [-0.4, -0.2) is 50.5 Å². The van der Waals surface area contributed by atoms with Crippen molar-refractivity contribution in [3.8, 4) is 0 Å². The van der Waals surface area contributed by atoms with Crippen LogP contribution in [0.15, 0.2) is 23.1 Å². The van der Waals surface area contributed by atoms with E-state index in [1.807, 2.05) is 20.8 Å². The van der Waals surface area contributed by atoms with Crippen molar-refractivity contribution in [1.29, 1.82) is 0 Å². The van der Waals surface area contributed by atoms with Crippen molar-refractivity contribution in [2.24, 2.45) is 11.8 Å². The Bertz CT molecular complexity index is 743. The Morgan fingerprint density at radius 3 is 2.50 bits per heavy atom. The molecule has 1 heterocycles. The van der Waals surface area contributed by atoms with Crippen LogP contribution in [0.2, 0.25) is 0 Å². The van der Waals surface area contributed by atoms with Crippen molar-refractivity contribution >= 4 is 21.4 Å². The van der Waals surface area contributed by atoms with Crippen LogP contribution in [0.4, 0.5) is 11.4 Å². The highest BCUT2D eigenvalue weighted by Gasteiger charge is 2.33. The standard InChI is InChI=1S/C17H27N3O5S/c1-12-7-13(2)10-19(9-12)26(23,24)15-5-6-16(17(8-15)20(21)22)18-14(3)11-25-4/h5-6,8,12-14,18H,7,9-11H2,1-4H3/t12-,13-,14+/m1/s1. The van der Waals surface area contributed by atoms with E-state index in [1.165, 1.54) is 16.4 Å². The van der Waals surface area contributed by atoms with Crippen molar-refractivity contribution in [3.05, 3.63) is 28.3 Å². The lowest BCUT2D eigenvalue weighted by Gasteiger charge is -2.34. The van der Waals surface area contributed by atoms with Gasteiger partial charge in [0, 0.05) is 32.3 Å². The molecule has 3 atom stereocenters. The van der Waals surface area contributed by atoms with Gasteiger partial charge in [0.25, 0.3) is 5.69 Å². The van der Waals surface area contributed by atoms with Crippen LogP contribution >= 0.6 is 0 Å². The van der Waals surface area contributed by atoms with Crippen molar-refractivity contribution in [3.63, 3.8) is 0 Å². The molecular formula is C17H27N3O5S. The van der Waals surface area contributed by atoms with Gasteiger partial charge in [-0.1, -0.05) is 13.8 Å². The lowest BCUT2D eigenvalue weighted by atomic mass is 9.94. The van der Waals surface area contributed by atoms with Gasteiger partial charge in [-0.05, 0) is 37.3 Å². The normalized spacial score (nSPS) is 22.8. The van der Waals surface area contributed by atoms with Gasteiger partial charge in [0.05, 0.1) is 16.4 Å². The van der Waals surface area contributed by atoms with Crippen molar-refractivity contribution in [2.75, 3.05) is 32.1 Å². The largest absolute Gasteiger partial charge is 0.383 e. The smallest absolute Gasteiger partial charge is 0.293 e. The Morgan fingerprint density at radius 2 is 1.96 bits per heavy atom. The van der Waals surface area contributed by atoms with Gasteiger partial charge < -0.3 is 10.1 Å². The fraction of sp³-hybridized carbons (Fsp3) is 0.647. The van der Waals surface area contributed by atoms with E-state index >= 15 is 0 Å². The maximum absolute atomic E-state index is 13.0. The van der Waals surface area contributed by atoms with Crippen LogP contribution in [0.5, 0.6) is 0 Å². The van der Waals surface area contributed by atoms with Gasteiger partial charge in [-0.25, -0.2) is 8.42 Å². The molecule has 1 aromatic carbocycles. The van der Waals surface area contributed by atoms with Crippen molar-refractivity contribution in [1.82, 2.24) is 4.31 Å². The van der Waals surface area contributed by atoms with Gasteiger partial charge in [0.1, 0.15) is 5.69 Å². The Balaban J connectivity index is 2.34. The lowest BCUT2D eigenvalue weighted by Crippen LogP contribution is -2.42. The quantitative estimate of drug-likeness (QED) is 0.572. The number of ether oxygens (including phenoxy) is 1. The molecule has 1 N–H and O–H groups in total.